The summed E-state index contributed by atoms with van der Waals surface area (Å²) in [7, 11) is 0. The Morgan fingerprint density at radius 3 is 2.67 bits per heavy atom. The Labute approximate surface area is 167 Å². The van der Waals surface area contributed by atoms with E-state index >= 15 is 0 Å². The average molecular weight is 438 g/mol. The SMILES string of the molecule is N/C(=N\OC(=O)Cn1nc(C(F)F)c(Cl)c1C1CC1)c1ccc(Cl)cc1Cl. The van der Waals surface area contributed by atoms with Crippen LogP contribution in [0.1, 0.15) is 42.1 Å². The van der Waals surface area contributed by atoms with Gasteiger partial charge in [-0.15, -0.1) is 0 Å². The van der Waals surface area contributed by atoms with Gasteiger partial charge >= 0.3 is 5.97 Å². The number of rotatable bonds is 6. The molecule has 0 unspecified atom stereocenters. The number of halogens is 5. The number of benzene rings is 1. The minimum atomic E-state index is -2.84. The molecule has 0 saturated heterocycles. The van der Waals surface area contributed by atoms with Crippen LogP contribution in [0.2, 0.25) is 15.1 Å². The van der Waals surface area contributed by atoms with E-state index < -0.39 is 24.6 Å². The summed E-state index contributed by atoms with van der Waals surface area (Å²) in [6, 6.07) is 4.53. The minimum Gasteiger partial charge on any atom is -0.380 e. The van der Waals surface area contributed by atoms with Crippen molar-refractivity contribution in [3.05, 3.63) is 50.2 Å². The first-order chi connectivity index (χ1) is 12.8. The van der Waals surface area contributed by atoms with Gasteiger partial charge in [-0.3, -0.25) is 4.68 Å². The Morgan fingerprint density at radius 2 is 2.07 bits per heavy atom. The van der Waals surface area contributed by atoms with Crippen LogP contribution in [0.4, 0.5) is 8.78 Å². The van der Waals surface area contributed by atoms with Crippen molar-refractivity contribution >= 4 is 46.6 Å². The fraction of sp³-hybridized carbons (Fsp3) is 0.312. The Morgan fingerprint density at radius 1 is 1.37 bits per heavy atom. The number of nitrogens with zero attached hydrogens (tertiary/aromatic N) is 3. The molecule has 11 heteroatoms. The predicted octanol–water partition coefficient (Wildman–Crippen LogP) is 4.52. The third kappa shape index (κ3) is 4.51. The van der Waals surface area contributed by atoms with Gasteiger partial charge in [0.25, 0.3) is 6.43 Å². The van der Waals surface area contributed by atoms with Crippen molar-refractivity contribution in [1.82, 2.24) is 9.78 Å². The summed E-state index contributed by atoms with van der Waals surface area (Å²) < 4.78 is 27.2. The Balaban J connectivity index is 1.73. The van der Waals surface area contributed by atoms with Crippen LogP contribution in [0.3, 0.4) is 0 Å². The van der Waals surface area contributed by atoms with E-state index in [0.29, 0.717) is 16.3 Å². The van der Waals surface area contributed by atoms with E-state index in [1.54, 1.807) is 6.07 Å². The first kappa shape index (κ1) is 19.9. The third-order valence-corrected chi connectivity index (χ3v) is 4.79. The van der Waals surface area contributed by atoms with E-state index in [4.69, 9.17) is 45.4 Å². The molecule has 1 aliphatic carbocycles. The Bertz CT molecular complexity index is 913. The molecule has 0 radical (unpaired) electrons. The molecule has 6 nitrogen and oxygen atoms in total. The van der Waals surface area contributed by atoms with Crippen LogP contribution in [-0.4, -0.2) is 21.6 Å². The highest BCUT2D eigenvalue weighted by Gasteiger charge is 2.34. The highest BCUT2D eigenvalue weighted by Crippen LogP contribution is 2.45. The van der Waals surface area contributed by atoms with E-state index in [-0.39, 0.29) is 21.8 Å². The third-order valence-electron chi connectivity index (χ3n) is 3.86. The molecular formula is C16H13Cl3F2N4O2. The number of carbonyl (C=O) groups excluding carboxylic acids is 1. The fourth-order valence-electron chi connectivity index (χ4n) is 2.48. The van der Waals surface area contributed by atoms with Crippen molar-refractivity contribution in [3.63, 3.8) is 0 Å². The van der Waals surface area contributed by atoms with Gasteiger partial charge in [-0.25, -0.2) is 13.6 Å². The van der Waals surface area contributed by atoms with E-state index in [9.17, 15) is 13.6 Å². The van der Waals surface area contributed by atoms with Gasteiger partial charge in [-0.2, -0.15) is 5.10 Å². The first-order valence-corrected chi connectivity index (χ1v) is 8.94. The number of amidine groups is 1. The van der Waals surface area contributed by atoms with E-state index in [2.05, 4.69) is 10.3 Å². The number of nitrogens with two attached hydrogens (primary N) is 1. The van der Waals surface area contributed by atoms with Crippen LogP contribution >= 0.6 is 34.8 Å². The molecule has 2 N–H and O–H groups in total. The van der Waals surface area contributed by atoms with Gasteiger partial charge in [0.05, 0.1) is 15.7 Å². The summed E-state index contributed by atoms with van der Waals surface area (Å²) in [6.07, 6.45) is -1.25. The molecule has 0 aliphatic heterocycles. The lowest BCUT2D eigenvalue weighted by molar-refractivity contribution is -0.144. The van der Waals surface area contributed by atoms with Crippen LogP contribution in [0.25, 0.3) is 0 Å². The van der Waals surface area contributed by atoms with E-state index in [1.807, 2.05) is 0 Å². The van der Waals surface area contributed by atoms with E-state index in [0.717, 1.165) is 17.5 Å². The number of hydrogen-bond acceptors (Lipinski definition) is 4. The molecule has 0 atom stereocenters. The summed E-state index contributed by atoms with van der Waals surface area (Å²) in [6.45, 7) is -0.427. The van der Waals surface area contributed by atoms with Crippen molar-refractivity contribution < 1.29 is 18.4 Å². The monoisotopic (exact) mass is 436 g/mol. The highest BCUT2D eigenvalue weighted by atomic mass is 35.5. The number of carbonyl (C=O) groups is 1. The van der Waals surface area contributed by atoms with Crippen LogP contribution in [-0.2, 0) is 16.2 Å². The van der Waals surface area contributed by atoms with Gasteiger partial charge < -0.3 is 10.6 Å². The van der Waals surface area contributed by atoms with Gasteiger partial charge in [0.1, 0.15) is 12.2 Å². The zero-order valence-electron chi connectivity index (χ0n) is 13.6. The number of oxime groups is 1. The summed E-state index contributed by atoms with van der Waals surface area (Å²) in [5, 5.41) is 7.80. The van der Waals surface area contributed by atoms with Crippen LogP contribution in [0.15, 0.2) is 23.4 Å². The van der Waals surface area contributed by atoms with Crippen molar-refractivity contribution in [1.29, 1.82) is 0 Å². The van der Waals surface area contributed by atoms with Crippen molar-refractivity contribution in [2.75, 3.05) is 0 Å². The van der Waals surface area contributed by atoms with Gasteiger partial charge in [-0.1, -0.05) is 40.0 Å². The maximum Gasteiger partial charge on any atom is 0.356 e. The molecule has 27 heavy (non-hydrogen) atoms. The maximum atomic E-state index is 13.0. The zero-order chi connectivity index (χ0) is 19.7. The van der Waals surface area contributed by atoms with Crippen molar-refractivity contribution in [2.24, 2.45) is 10.9 Å². The maximum absolute atomic E-state index is 13.0. The fourth-order valence-corrected chi connectivity index (χ4v) is 3.35. The molecule has 1 saturated carbocycles. The first-order valence-electron chi connectivity index (χ1n) is 7.81. The summed E-state index contributed by atoms with van der Waals surface area (Å²) >= 11 is 17.8. The minimum absolute atomic E-state index is 0.00625. The normalized spacial score (nSPS) is 14.7. The molecule has 1 heterocycles. The Hall–Kier alpha value is -1.90. The quantitative estimate of drug-likeness (QED) is 0.312. The average Bonchev–Trinajstić information content (AvgIpc) is 3.37. The topological polar surface area (TPSA) is 82.5 Å². The summed E-state index contributed by atoms with van der Waals surface area (Å²) in [5.41, 5.74) is 5.93. The van der Waals surface area contributed by atoms with Gasteiger partial charge in [0.2, 0.25) is 0 Å². The van der Waals surface area contributed by atoms with Gasteiger partial charge in [0, 0.05) is 16.5 Å². The zero-order valence-corrected chi connectivity index (χ0v) is 15.9. The molecule has 144 valence electrons. The molecule has 0 bridgehead atoms. The molecule has 3 rings (SSSR count). The lowest BCUT2D eigenvalue weighted by atomic mass is 10.2. The van der Waals surface area contributed by atoms with Crippen LogP contribution < -0.4 is 5.73 Å². The highest BCUT2D eigenvalue weighted by molar-refractivity contribution is 6.36. The van der Waals surface area contributed by atoms with Gasteiger partial charge in [0.15, 0.2) is 5.84 Å². The number of hydrogen-bond donors (Lipinski definition) is 1. The lowest BCUT2D eigenvalue weighted by Gasteiger charge is -2.06. The van der Waals surface area contributed by atoms with E-state index in [1.165, 1.54) is 12.1 Å². The van der Waals surface area contributed by atoms with Crippen LogP contribution in [0.5, 0.6) is 0 Å². The summed E-state index contributed by atoms with van der Waals surface area (Å²) in [4.78, 5) is 16.8. The molecule has 1 fully saturated rings. The second-order valence-electron chi connectivity index (χ2n) is 5.88. The summed E-state index contributed by atoms with van der Waals surface area (Å²) in [5.74, 6) is -0.976. The lowest BCUT2D eigenvalue weighted by Crippen LogP contribution is -2.19. The number of alkyl halides is 2. The number of aromatic nitrogens is 2. The van der Waals surface area contributed by atoms with Crippen molar-refractivity contribution in [2.45, 2.75) is 31.7 Å². The Kier molecular flexibility index (Phi) is 5.88. The molecule has 0 amide bonds. The second kappa shape index (κ2) is 8.00. The molecule has 0 spiro atoms. The molecule has 1 aliphatic rings. The van der Waals surface area contributed by atoms with Crippen LogP contribution in [0, 0.1) is 0 Å². The molecular weight excluding hydrogens is 425 g/mol. The molecule has 1 aromatic heterocycles. The standard InChI is InChI=1S/C16H13Cl3F2N4O2/c17-8-3-4-9(10(18)5-8)16(22)24-27-11(26)6-25-14(7-1-2-7)12(19)13(23-25)15(20)21/h3-5,7,15H,1-2,6H2,(H2,22,24). The predicted molar refractivity (Wildman–Crippen MR) is 97.4 cm³/mol. The smallest absolute Gasteiger partial charge is 0.356 e. The second-order valence-corrected chi connectivity index (χ2v) is 7.10. The van der Waals surface area contributed by atoms with Crippen molar-refractivity contribution in [3.8, 4) is 0 Å². The molecule has 1 aromatic carbocycles. The molecule has 2 aromatic rings. The largest absolute Gasteiger partial charge is 0.380 e. The van der Waals surface area contributed by atoms with Gasteiger partial charge in [-0.05, 0) is 31.0 Å².